The fourth-order valence-electron chi connectivity index (χ4n) is 1.72. The molecule has 1 amide bonds. The van der Waals surface area contributed by atoms with Crippen LogP contribution >= 0.6 is 0 Å². The monoisotopic (exact) mass is 274 g/mol. The minimum atomic E-state index is -0.0893. The summed E-state index contributed by atoms with van der Waals surface area (Å²) in [6, 6.07) is 10.9. The third-order valence-electron chi connectivity index (χ3n) is 2.76. The van der Waals surface area contributed by atoms with Crippen molar-refractivity contribution in [3.63, 3.8) is 0 Å². The molecule has 1 aromatic carbocycles. The van der Waals surface area contributed by atoms with Crippen molar-refractivity contribution in [1.29, 1.82) is 0 Å². The van der Waals surface area contributed by atoms with Gasteiger partial charge in [-0.05, 0) is 31.2 Å². The van der Waals surface area contributed by atoms with Crippen molar-refractivity contribution in [2.75, 3.05) is 12.3 Å². The molecule has 2 rings (SSSR count). The van der Waals surface area contributed by atoms with Crippen molar-refractivity contribution in [3.8, 4) is 5.75 Å². The number of benzene rings is 1. The predicted octanol–water partition coefficient (Wildman–Crippen LogP) is 2.26. The lowest BCUT2D eigenvalue weighted by Gasteiger charge is -2.08. The van der Waals surface area contributed by atoms with Crippen molar-refractivity contribution < 1.29 is 13.9 Å². The summed E-state index contributed by atoms with van der Waals surface area (Å²) in [6.45, 7) is 2.54. The van der Waals surface area contributed by atoms with Gasteiger partial charge >= 0.3 is 0 Å². The summed E-state index contributed by atoms with van der Waals surface area (Å²) in [6.07, 6.45) is 0.272. The van der Waals surface area contributed by atoms with Crippen LogP contribution in [0.3, 0.4) is 0 Å². The average molecular weight is 274 g/mol. The van der Waals surface area contributed by atoms with Gasteiger partial charge in [0, 0.05) is 0 Å². The molecule has 0 saturated heterocycles. The van der Waals surface area contributed by atoms with Gasteiger partial charge in [0.25, 0.3) is 0 Å². The number of hydrogen-bond donors (Lipinski definition) is 2. The standard InChI is InChI=1S/C15H18N2O3/c1-11-6-7-12(20-11)10-17-15(18)8-9-19-14-5-3-2-4-13(14)16/h2-7H,8-10,16H2,1H3,(H,17,18). The summed E-state index contributed by atoms with van der Waals surface area (Å²) in [5.74, 6) is 2.08. The number of carbonyl (C=O) groups is 1. The molecule has 0 saturated carbocycles. The second-order valence-corrected chi connectivity index (χ2v) is 4.43. The SMILES string of the molecule is Cc1ccc(CNC(=O)CCOc2ccccc2N)o1. The minimum Gasteiger partial charge on any atom is -0.491 e. The van der Waals surface area contributed by atoms with Crippen molar-refractivity contribution in [1.82, 2.24) is 5.32 Å². The number of nitrogen functional groups attached to an aromatic ring is 1. The molecule has 0 bridgehead atoms. The first-order chi connectivity index (χ1) is 9.65. The number of aryl methyl sites for hydroxylation is 1. The molecule has 5 nitrogen and oxygen atoms in total. The third-order valence-corrected chi connectivity index (χ3v) is 2.76. The van der Waals surface area contributed by atoms with E-state index in [1.807, 2.05) is 31.2 Å². The summed E-state index contributed by atoms with van der Waals surface area (Å²) >= 11 is 0. The largest absolute Gasteiger partial charge is 0.491 e. The molecular weight excluding hydrogens is 256 g/mol. The zero-order valence-corrected chi connectivity index (χ0v) is 11.4. The van der Waals surface area contributed by atoms with Gasteiger partial charge in [0.05, 0.1) is 25.3 Å². The lowest BCUT2D eigenvalue weighted by atomic mass is 10.3. The number of amides is 1. The first-order valence-corrected chi connectivity index (χ1v) is 6.44. The zero-order valence-electron chi connectivity index (χ0n) is 11.4. The van der Waals surface area contributed by atoms with E-state index in [9.17, 15) is 4.79 Å². The molecule has 3 N–H and O–H groups in total. The van der Waals surface area contributed by atoms with E-state index in [0.29, 0.717) is 18.0 Å². The molecule has 0 fully saturated rings. The Kier molecular flexibility index (Phi) is 4.65. The number of hydrogen-bond acceptors (Lipinski definition) is 4. The molecule has 0 aliphatic carbocycles. The summed E-state index contributed by atoms with van der Waals surface area (Å²) in [4.78, 5) is 11.6. The lowest BCUT2D eigenvalue weighted by Crippen LogP contribution is -2.24. The van der Waals surface area contributed by atoms with E-state index in [1.54, 1.807) is 12.1 Å². The highest BCUT2D eigenvalue weighted by atomic mass is 16.5. The van der Waals surface area contributed by atoms with Crippen LogP contribution in [0.2, 0.25) is 0 Å². The van der Waals surface area contributed by atoms with E-state index in [-0.39, 0.29) is 18.9 Å². The van der Waals surface area contributed by atoms with Crippen molar-refractivity contribution in [3.05, 3.63) is 47.9 Å². The second kappa shape index (κ2) is 6.65. The minimum absolute atomic E-state index is 0.0893. The number of anilines is 1. The Morgan fingerprint density at radius 3 is 2.80 bits per heavy atom. The number of nitrogens with one attached hydrogen (secondary N) is 1. The van der Waals surface area contributed by atoms with Gasteiger partial charge in [-0.15, -0.1) is 0 Å². The Bertz CT molecular complexity index is 578. The number of carbonyl (C=O) groups excluding carboxylic acids is 1. The molecule has 0 aliphatic heterocycles. The van der Waals surface area contributed by atoms with Gasteiger partial charge in [-0.25, -0.2) is 0 Å². The van der Waals surface area contributed by atoms with Crippen LogP contribution in [-0.4, -0.2) is 12.5 Å². The van der Waals surface area contributed by atoms with Crippen LogP contribution in [0.25, 0.3) is 0 Å². The number of furan rings is 1. The molecule has 0 atom stereocenters. The van der Waals surface area contributed by atoms with Gasteiger partial charge in [0.1, 0.15) is 17.3 Å². The fourth-order valence-corrected chi connectivity index (χ4v) is 1.72. The second-order valence-electron chi connectivity index (χ2n) is 4.43. The van der Waals surface area contributed by atoms with E-state index in [2.05, 4.69) is 5.32 Å². The summed E-state index contributed by atoms with van der Waals surface area (Å²) in [5.41, 5.74) is 6.30. The Morgan fingerprint density at radius 1 is 1.30 bits per heavy atom. The molecule has 1 heterocycles. The normalized spacial score (nSPS) is 10.2. The number of para-hydroxylation sites is 2. The Morgan fingerprint density at radius 2 is 2.10 bits per heavy atom. The average Bonchev–Trinajstić information content (AvgIpc) is 2.84. The summed E-state index contributed by atoms with van der Waals surface area (Å²) < 4.78 is 10.8. The maximum Gasteiger partial charge on any atom is 0.223 e. The van der Waals surface area contributed by atoms with Gasteiger partial charge in [-0.3, -0.25) is 4.79 Å². The fraction of sp³-hybridized carbons (Fsp3) is 0.267. The van der Waals surface area contributed by atoms with E-state index in [1.165, 1.54) is 0 Å². The highest BCUT2D eigenvalue weighted by Gasteiger charge is 2.05. The molecule has 0 aliphatic rings. The Labute approximate surface area is 117 Å². The maximum atomic E-state index is 11.6. The third kappa shape index (κ3) is 4.05. The molecule has 0 spiro atoms. The molecule has 1 aromatic heterocycles. The molecule has 106 valence electrons. The number of rotatable bonds is 6. The Hall–Kier alpha value is -2.43. The first-order valence-electron chi connectivity index (χ1n) is 6.44. The van der Waals surface area contributed by atoms with Gasteiger partial charge in [0.15, 0.2) is 0 Å². The van der Waals surface area contributed by atoms with Crippen LogP contribution in [0.1, 0.15) is 17.9 Å². The molecule has 0 unspecified atom stereocenters. The van der Waals surface area contributed by atoms with Crippen LogP contribution in [0.5, 0.6) is 5.75 Å². The maximum absolute atomic E-state index is 11.6. The van der Waals surface area contributed by atoms with E-state index in [0.717, 1.165) is 11.5 Å². The van der Waals surface area contributed by atoms with Gasteiger partial charge < -0.3 is 20.2 Å². The van der Waals surface area contributed by atoms with Gasteiger partial charge in [0.2, 0.25) is 5.91 Å². The van der Waals surface area contributed by atoms with E-state index >= 15 is 0 Å². The number of ether oxygens (including phenoxy) is 1. The first kappa shape index (κ1) is 14.0. The van der Waals surface area contributed by atoms with E-state index in [4.69, 9.17) is 14.9 Å². The summed E-state index contributed by atoms with van der Waals surface area (Å²) in [5, 5.41) is 2.77. The van der Waals surface area contributed by atoms with Crippen molar-refractivity contribution >= 4 is 11.6 Å². The van der Waals surface area contributed by atoms with Crippen LogP contribution < -0.4 is 15.8 Å². The topological polar surface area (TPSA) is 77.5 Å². The number of nitrogens with two attached hydrogens (primary N) is 1. The Balaban J connectivity index is 1.69. The van der Waals surface area contributed by atoms with Gasteiger partial charge in [-0.2, -0.15) is 0 Å². The highest BCUT2D eigenvalue weighted by molar-refractivity contribution is 5.75. The van der Waals surface area contributed by atoms with Gasteiger partial charge in [-0.1, -0.05) is 12.1 Å². The van der Waals surface area contributed by atoms with Crippen molar-refractivity contribution in [2.45, 2.75) is 19.9 Å². The molecule has 5 heteroatoms. The van der Waals surface area contributed by atoms with Crippen LogP contribution in [-0.2, 0) is 11.3 Å². The van der Waals surface area contributed by atoms with E-state index < -0.39 is 0 Å². The van der Waals surface area contributed by atoms with Crippen LogP contribution in [0.15, 0.2) is 40.8 Å². The molecule has 0 radical (unpaired) electrons. The molecule has 2 aromatic rings. The van der Waals surface area contributed by atoms with Crippen LogP contribution in [0, 0.1) is 6.92 Å². The molecular formula is C15H18N2O3. The van der Waals surface area contributed by atoms with Crippen LogP contribution in [0.4, 0.5) is 5.69 Å². The highest BCUT2D eigenvalue weighted by Crippen LogP contribution is 2.19. The lowest BCUT2D eigenvalue weighted by molar-refractivity contribution is -0.121. The van der Waals surface area contributed by atoms with Crippen molar-refractivity contribution in [2.24, 2.45) is 0 Å². The smallest absolute Gasteiger partial charge is 0.223 e. The summed E-state index contributed by atoms with van der Waals surface area (Å²) in [7, 11) is 0. The predicted molar refractivity (Wildman–Crippen MR) is 76.3 cm³/mol. The molecule has 20 heavy (non-hydrogen) atoms. The zero-order chi connectivity index (χ0) is 14.4. The quantitative estimate of drug-likeness (QED) is 0.792.